The molecule has 21 heavy (non-hydrogen) atoms. The maximum atomic E-state index is 6.22. The average Bonchev–Trinajstić information content (AvgIpc) is 3.34. The maximum Gasteiger partial charge on any atom is 0.242 e. The summed E-state index contributed by atoms with van der Waals surface area (Å²) in [4.78, 5) is 9.20. The second-order valence-corrected chi connectivity index (χ2v) is 6.25. The lowest BCUT2D eigenvalue weighted by Crippen LogP contribution is -2.24. The molecule has 116 valence electrons. The molecule has 2 aliphatic carbocycles. The molecule has 0 saturated heterocycles. The Hall–Kier alpha value is -1.52. The fourth-order valence-corrected chi connectivity index (χ4v) is 2.85. The third-order valence-electron chi connectivity index (χ3n) is 4.26. The zero-order valence-electron chi connectivity index (χ0n) is 12.9. The number of hydrogen-bond donors (Lipinski definition) is 2. The van der Waals surface area contributed by atoms with E-state index in [0.29, 0.717) is 30.1 Å². The van der Waals surface area contributed by atoms with Gasteiger partial charge in [-0.2, -0.15) is 4.98 Å². The van der Waals surface area contributed by atoms with Gasteiger partial charge in [0.05, 0.1) is 6.61 Å². The average molecular weight is 290 g/mol. The summed E-state index contributed by atoms with van der Waals surface area (Å²) in [6.45, 7) is 2.73. The number of anilines is 2. The van der Waals surface area contributed by atoms with Gasteiger partial charge in [0.2, 0.25) is 5.88 Å². The Morgan fingerprint density at radius 1 is 1.14 bits per heavy atom. The minimum Gasteiger partial charge on any atom is -0.476 e. The van der Waals surface area contributed by atoms with Crippen LogP contribution in [0.2, 0.25) is 0 Å². The van der Waals surface area contributed by atoms with Gasteiger partial charge in [0, 0.05) is 12.0 Å². The number of nitrogens with zero attached hydrogens (tertiary/aromatic N) is 2. The van der Waals surface area contributed by atoms with E-state index in [1.807, 2.05) is 0 Å². The summed E-state index contributed by atoms with van der Waals surface area (Å²) >= 11 is 0. The van der Waals surface area contributed by atoms with Gasteiger partial charge in [0.1, 0.15) is 11.5 Å². The molecule has 2 fully saturated rings. The molecule has 0 atom stereocenters. The summed E-state index contributed by atoms with van der Waals surface area (Å²) in [7, 11) is 0. The van der Waals surface area contributed by atoms with Crippen molar-refractivity contribution in [3.63, 3.8) is 0 Å². The molecule has 0 radical (unpaired) electrons. The van der Waals surface area contributed by atoms with Gasteiger partial charge >= 0.3 is 0 Å². The van der Waals surface area contributed by atoms with Gasteiger partial charge in [-0.05, 0) is 32.1 Å². The van der Waals surface area contributed by atoms with E-state index in [1.54, 1.807) is 0 Å². The van der Waals surface area contributed by atoms with Crippen molar-refractivity contribution < 1.29 is 4.74 Å². The summed E-state index contributed by atoms with van der Waals surface area (Å²) in [5.74, 6) is 2.74. The molecule has 0 aromatic carbocycles. The van der Waals surface area contributed by atoms with Crippen LogP contribution in [-0.4, -0.2) is 22.6 Å². The fraction of sp³-hybridized carbons (Fsp3) is 0.750. The number of nitrogens with two attached hydrogens (primary N) is 1. The summed E-state index contributed by atoms with van der Waals surface area (Å²) in [5, 5.41) is 3.53. The third kappa shape index (κ3) is 3.57. The van der Waals surface area contributed by atoms with Crippen molar-refractivity contribution in [3.8, 4) is 5.88 Å². The van der Waals surface area contributed by atoms with Crippen LogP contribution in [0, 0.1) is 0 Å². The molecule has 0 spiro atoms. The topological polar surface area (TPSA) is 73.1 Å². The number of nitrogen functional groups attached to an aromatic ring is 1. The van der Waals surface area contributed by atoms with Crippen molar-refractivity contribution >= 4 is 11.5 Å². The zero-order valence-corrected chi connectivity index (χ0v) is 12.9. The molecule has 0 aliphatic heterocycles. The van der Waals surface area contributed by atoms with E-state index in [-0.39, 0.29) is 0 Å². The molecule has 5 nitrogen and oxygen atoms in total. The lowest BCUT2D eigenvalue weighted by atomic mass is 9.95. The SMILES string of the molecule is CCCOc1nc(C2CC2)nc(NC2CCCCC2)c1N. The Balaban J connectivity index is 1.80. The number of ether oxygens (including phenoxy) is 1. The van der Waals surface area contributed by atoms with E-state index in [4.69, 9.17) is 10.5 Å². The van der Waals surface area contributed by atoms with Gasteiger partial charge in [-0.3, -0.25) is 0 Å². The Morgan fingerprint density at radius 3 is 2.57 bits per heavy atom. The summed E-state index contributed by atoms with van der Waals surface area (Å²) < 4.78 is 5.72. The predicted octanol–water partition coefficient (Wildman–Crippen LogP) is 3.47. The Morgan fingerprint density at radius 2 is 1.90 bits per heavy atom. The van der Waals surface area contributed by atoms with Crippen LogP contribution in [-0.2, 0) is 0 Å². The van der Waals surface area contributed by atoms with E-state index in [2.05, 4.69) is 22.2 Å². The van der Waals surface area contributed by atoms with E-state index >= 15 is 0 Å². The van der Waals surface area contributed by atoms with Crippen LogP contribution in [0.5, 0.6) is 5.88 Å². The summed E-state index contributed by atoms with van der Waals surface area (Å²) in [6, 6.07) is 0.488. The van der Waals surface area contributed by atoms with E-state index in [1.165, 1.54) is 44.9 Å². The highest BCUT2D eigenvalue weighted by Crippen LogP contribution is 2.41. The summed E-state index contributed by atoms with van der Waals surface area (Å²) in [5.41, 5.74) is 6.79. The second-order valence-electron chi connectivity index (χ2n) is 6.25. The second kappa shape index (κ2) is 6.50. The van der Waals surface area contributed by atoms with Gasteiger partial charge in [-0.1, -0.05) is 26.2 Å². The van der Waals surface area contributed by atoms with Crippen LogP contribution < -0.4 is 15.8 Å². The maximum absolute atomic E-state index is 6.22. The zero-order chi connectivity index (χ0) is 14.7. The number of aromatic nitrogens is 2. The first-order chi connectivity index (χ1) is 10.3. The fourth-order valence-electron chi connectivity index (χ4n) is 2.85. The molecule has 3 rings (SSSR count). The van der Waals surface area contributed by atoms with E-state index < -0.39 is 0 Å². The number of nitrogens with one attached hydrogen (secondary N) is 1. The molecule has 1 heterocycles. The molecule has 2 saturated carbocycles. The minimum atomic E-state index is 0.488. The molecular formula is C16H26N4O. The van der Waals surface area contributed by atoms with Crippen molar-refractivity contribution in [2.45, 2.75) is 70.3 Å². The first kappa shape index (κ1) is 14.4. The van der Waals surface area contributed by atoms with Crippen molar-refractivity contribution in [1.29, 1.82) is 0 Å². The Bertz CT molecular complexity index is 481. The van der Waals surface area contributed by atoms with Crippen LogP contribution >= 0.6 is 0 Å². The van der Waals surface area contributed by atoms with Gasteiger partial charge in [-0.15, -0.1) is 0 Å². The minimum absolute atomic E-state index is 0.488. The largest absolute Gasteiger partial charge is 0.476 e. The first-order valence-electron chi connectivity index (χ1n) is 8.34. The van der Waals surface area contributed by atoms with Crippen LogP contribution in [0.25, 0.3) is 0 Å². The van der Waals surface area contributed by atoms with Crippen molar-refractivity contribution in [3.05, 3.63) is 5.82 Å². The highest BCUT2D eigenvalue weighted by molar-refractivity contribution is 5.67. The smallest absolute Gasteiger partial charge is 0.242 e. The summed E-state index contributed by atoms with van der Waals surface area (Å²) in [6.07, 6.45) is 9.64. The van der Waals surface area contributed by atoms with Crippen molar-refractivity contribution in [2.24, 2.45) is 0 Å². The standard InChI is InChI=1S/C16H26N4O/c1-2-10-21-16-13(17)15(18-12-6-4-3-5-7-12)19-14(20-16)11-8-9-11/h11-12H,2-10,17H2,1H3,(H,18,19,20). The normalized spacial score (nSPS) is 19.5. The monoisotopic (exact) mass is 290 g/mol. The Labute approximate surface area is 126 Å². The number of hydrogen-bond acceptors (Lipinski definition) is 5. The molecule has 2 aliphatic rings. The first-order valence-corrected chi connectivity index (χ1v) is 8.34. The lowest BCUT2D eigenvalue weighted by molar-refractivity contribution is 0.305. The molecule has 3 N–H and O–H groups in total. The molecule has 1 aromatic rings. The molecule has 0 bridgehead atoms. The number of rotatable bonds is 6. The molecule has 1 aromatic heterocycles. The molecular weight excluding hydrogens is 264 g/mol. The van der Waals surface area contributed by atoms with Gasteiger partial charge in [0.15, 0.2) is 5.82 Å². The quantitative estimate of drug-likeness (QED) is 0.839. The van der Waals surface area contributed by atoms with Gasteiger partial charge < -0.3 is 15.8 Å². The Kier molecular flexibility index (Phi) is 4.46. The highest BCUT2D eigenvalue weighted by Gasteiger charge is 2.29. The van der Waals surface area contributed by atoms with Crippen LogP contribution in [0.3, 0.4) is 0 Å². The van der Waals surface area contributed by atoms with E-state index in [9.17, 15) is 0 Å². The van der Waals surface area contributed by atoms with Crippen LogP contribution in [0.15, 0.2) is 0 Å². The molecule has 0 amide bonds. The van der Waals surface area contributed by atoms with Gasteiger partial charge in [0.25, 0.3) is 0 Å². The molecule has 0 unspecified atom stereocenters. The van der Waals surface area contributed by atoms with E-state index in [0.717, 1.165) is 18.1 Å². The van der Waals surface area contributed by atoms with Crippen molar-refractivity contribution in [1.82, 2.24) is 9.97 Å². The lowest BCUT2D eigenvalue weighted by Gasteiger charge is -2.24. The van der Waals surface area contributed by atoms with Gasteiger partial charge in [-0.25, -0.2) is 4.98 Å². The predicted molar refractivity (Wildman–Crippen MR) is 84.7 cm³/mol. The van der Waals surface area contributed by atoms with Crippen LogP contribution in [0.1, 0.15) is 70.0 Å². The van der Waals surface area contributed by atoms with Crippen LogP contribution in [0.4, 0.5) is 11.5 Å². The van der Waals surface area contributed by atoms with Crippen molar-refractivity contribution in [2.75, 3.05) is 17.7 Å². The molecule has 5 heteroatoms. The highest BCUT2D eigenvalue weighted by atomic mass is 16.5. The third-order valence-corrected chi connectivity index (χ3v) is 4.26.